The SMILES string of the molecule is [2H]C([2H])([2H])n1c2ccccc2c2c(-c3ccccc3)c3c4ccccc4n(C([2H])([2H])[2H])c3c(N3CN(c4cccc(Oc5ccc6c7ncccc7n(-c7cc(C(C)(C)c8ccccc8)ccn7)c6c5)c4)c4ccccc43)c21. The van der Waals surface area contributed by atoms with Crippen LogP contribution in [0.5, 0.6) is 11.5 Å². The molecule has 6 heterocycles. The molecule has 13 aromatic rings. The number of hydrogen-bond acceptors (Lipinski definition) is 5. The minimum absolute atomic E-state index is 0.203. The van der Waals surface area contributed by atoms with Crippen LogP contribution < -0.4 is 14.5 Å². The number of aryl methyl sites for hydroxylation is 2. The molecule has 0 radical (unpaired) electrons. The first-order chi connectivity index (χ1) is 37.8. The molecule has 1 aliphatic rings. The minimum Gasteiger partial charge on any atom is -0.457 e. The third-order valence-corrected chi connectivity index (χ3v) is 14.8. The van der Waals surface area contributed by atoms with Gasteiger partial charge in [-0.1, -0.05) is 129 Å². The average Bonchev–Trinajstić information content (AvgIpc) is 3.89. The summed E-state index contributed by atoms with van der Waals surface area (Å²) in [7, 11) is 0. The summed E-state index contributed by atoms with van der Waals surface area (Å²) in [4.78, 5) is 14.0. The van der Waals surface area contributed by atoms with Crippen molar-refractivity contribution in [1.29, 1.82) is 0 Å². The molecule has 0 amide bonds. The maximum Gasteiger partial charge on any atom is 0.137 e. The van der Waals surface area contributed by atoms with E-state index in [2.05, 4.69) is 70.7 Å². The Morgan fingerprint density at radius 3 is 1.86 bits per heavy atom. The van der Waals surface area contributed by atoms with Crippen molar-refractivity contribution in [2.45, 2.75) is 19.3 Å². The Kier molecular flexibility index (Phi) is 7.95. The van der Waals surface area contributed by atoms with Crippen LogP contribution in [0.4, 0.5) is 22.7 Å². The molecule has 0 N–H and O–H groups in total. The zero-order chi connectivity index (χ0) is 53.2. The molecule has 0 bridgehead atoms. The zero-order valence-electron chi connectivity index (χ0n) is 45.5. The van der Waals surface area contributed by atoms with Gasteiger partial charge in [0.1, 0.15) is 24.0 Å². The van der Waals surface area contributed by atoms with Crippen molar-refractivity contribution in [1.82, 2.24) is 23.7 Å². The molecule has 8 aromatic carbocycles. The number of benzene rings is 8. The monoisotopic (exact) mass is 937 g/mol. The van der Waals surface area contributed by atoms with Crippen LogP contribution >= 0.6 is 0 Å². The summed E-state index contributed by atoms with van der Waals surface area (Å²) in [6.07, 6.45) is 3.69. The van der Waals surface area contributed by atoms with Gasteiger partial charge in [-0.25, -0.2) is 4.98 Å². The van der Waals surface area contributed by atoms with Crippen molar-refractivity contribution < 1.29 is 13.0 Å². The summed E-state index contributed by atoms with van der Waals surface area (Å²) in [6.45, 7) is -0.683. The van der Waals surface area contributed by atoms with Gasteiger partial charge in [0.15, 0.2) is 0 Å². The number of aromatic nitrogens is 5. The van der Waals surface area contributed by atoms with Crippen LogP contribution in [0.2, 0.25) is 0 Å². The number of rotatable bonds is 8. The summed E-state index contributed by atoms with van der Waals surface area (Å²) in [6, 6.07) is 65.8. The van der Waals surface area contributed by atoms with Crippen LogP contribution in [-0.2, 0) is 19.4 Å². The van der Waals surface area contributed by atoms with Crippen molar-refractivity contribution >= 4 is 88.3 Å². The lowest BCUT2D eigenvalue weighted by Crippen LogP contribution is -2.25. The van der Waals surface area contributed by atoms with E-state index < -0.39 is 14.0 Å². The Bertz CT molecular complexity index is 4430. The quantitative estimate of drug-likeness (QED) is 0.152. The Labute approximate surface area is 425 Å². The van der Waals surface area contributed by atoms with Crippen LogP contribution in [0.3, 0.4) is 0 Å². The van der Waals surface area contributed by atoms with Gasteiger partial charge in [0.25, 0.3) is 0 Å². The summed E-state index contributed by atoms with van der Waals surface area (Å²) in [5.41, 5.74) is 11.1. The summed E-state index contributed by atoms with van der Waals surface area (Å²) in [5, 5.41) is 3.90. The summed E-state index contributed by atoms with van der Waals surface area (Å²) < 4.78 is 67.3. The molecule has 0 aliphatic carbocycles. The Hall–Kier alpha value is -9.14. The molecule has 0 fully saturated rings. The highest BCUT2D eigenvalue weighted by atomic mass is 16.5. The predicted octanol–water partition coefficient (Wildman–Crippen LogP) is 15.9. The fourth-order valence-electron chi connectivity index (χ4n) is 11.4. The van der Waals surface area contributed by atoms with E-state index in [0.29, 0.717) is 39.3 Å². The van der Waals surface area contributed by atoms with Crippen molar-refractivity contribution in [3.05, 3.63) is 224 Å². The first-order valence-corrected chi connectivity index (χ1v) is 24.2. The smallest absolute Gasteiger partial charge is 0.137 e. The van der Waals surface area contributed by atoms with Gasteiger partial charge >= 0.3 is 0 Å². The molecule has 0 unspecified atom stereocenters. The van der Waals surface area contributed by atoms with Crippen LogP contribution in [0.1, 0.15) is 33.2 Å². The number of ether oxygens (including phenoxy) is 1. The lowest BCUT2D eigenvalue weighted by Gasteiger charge is -2.26. The second kappa shape index (κ2) is 15.9. The van der Waals surface area contributed by atoms with E-state index in [9.17, 15) is 8.22 Å². The van der Waals surface area contributed by atoms with E-state index in [1.165, 1.54) is 14.7 Å². The van der Waals surface area contributed by atoms with E-state index >= 15 is 0 Å². The van der Waals surface area contributed by atoms with Gasteiger partial charge in [-0.05, 0) is 89.5 Å². The molecule has 8 heteroatoms. The van der Waals surface area contributed by atoms with Gasteiger partial charge in [-0.15, -0.1) is 0 Å². The zero-order valence-corrected chi connectivity index (χ0v) is 39.5. The highest BCUT2D eigenvalue weighted by molar-refractivity contribution is 6.33. The molecule has 0 saturated carbocycles. The Balaban J connectivity index is 0.928. The van der Waals surface area contributed by atoms with Crippen LogP contribution in [-0.4, -0.2) is 30.3 Å². The number of anilines is 4. The molecule has 8 nitrogen and oxygen atoms in total. The van der Waals surface area contributed by atoms with Gasteiger partial charge < -0.3 is 23.7 Å². The molecule has 1 aliphatic heterocycles. The molecule has 0 saturated heterocycles. The maximum absolute atomic E-state index is 9.24. The molecule has 0 atom stereocenters. The molecular weight excluding hydrogens is 883 g/mol. The average molecular weight is 938 g/mol. The minimum atomic E-state index is -2.67. The lowest BCUT2D eigenvalue weighted by molar-refractivity contribution is 0.483. The topological polar surface area (TPSA) is 56.3 Å². The fourth-order valence-corrected chi connectivity index (χ4v) is 11.4. The van der Waals surface area contributed by atoms with Crippen molar-refractivity contribution in [2.75, 3.05) is 16.5 Å². The normalized spacial score (nSPS) is 14.5. The van der Waals surface area contributed by atoms with E-state index in [4.69, 9.17) is 14.7 Å². The standard InChI is InChI=1S/C64H49N7O/c1-64(2,42-21-9-6-10-22-42)43-34-36-65-56(37-43)71-54-31-18-35-66-60(54)49-33-32-46(39-55(49)71)72-45-24-17-23-44(38-45)69-40-70(53-30-16-15-29-52(53)69)63-61-58(47-25-11-13-27-50(47)67(61)3)57(41-19-7-5-8-20-41)59-48-26-12-14-28-51(48)68(4)62(59)63/h5-39H,40H2,1-4H3/i3D3,4D3. The number of para-hydroxylation sites is 4. The van der Waals surface area contributed by atoms with Crippen molar-refractivity contribution in [2.24, 2.45) is 14.0 Å². The van der Waals surface area contributed by atoms with E-state index in [1.807, 2.05) is 170 Å². The third kappa shape index (κ3) is 6.18. The molecule has 5 aromatic heterocycles. The second-order valence-electron chi connectivity index (χ2n) is 19.1. The van der Waals surface area contributed by atoms with Crippen molar-refractivity contribution in [3.8, 4) is 28.4 Å². The van der Waals surface area contributed by atoms with Crippen LogP contribution in [0.15, 0.2) is 213 Å². The molecule has 0 spiro atoms. The maximum atomic E-state index is 9.24. The third-order valence-electron chi connectivity index (χ3n) is 14.8. The highest BCUT2D eigenvalue weighted by Gasteiger charge is 2.35. The van der Waals surface area contributed by atoms with Crippen LogP contribution in [0.25, 0.3) is 82.5 Å². The molecule has 72 heavy (non-hydrogen) atoms. The van der Waals surface area contributed by atoms with E-state index in [1.54, 1.807) is 0 Å². The highest BCUT2D eigenvalue weighted by Crippen LogP contribution is 2.54. The van der Waals surface area contributed by atoms with Gasteiger partial charge in [0, 0.05) is 101 Å². The first kappa shape index (κ1) is 35.9. The fraction of sp³-hybridized carbons (Fsp3) is 0.0938. The Morgan fingerprint density at radius 2 is 1.14 bits per heavy atom. The summed E-state index contributed by atoms with van der Waals surface area (Å²) >= 11 is 0. The number of nitrogens with zero attached hydrogens (tertiary/aromatic N) is 7. The first-order valence-electron chi connectivity index (χ1n) is 27.2. The molecular formula is C64H49N7O. The number of fused-ring (bicyclic) bond motifs is 10. The summed E-state index contributed by atoms with van der Waals surface area (Å²) in [5.74, 6) is 1.98. The van der Waals surface area contributed by atoms with E-state index in [-0.39, 0.29) is 12.1 Å². The van der Waals surface area contributed by atoms with Crippen LogP contribution in [0, 0.1) is 0 Å². The Morgan fingerprint density at radius 1 is 0.500 bits per heavy atom. The van der Waals surface area contributed by atoms with Gasteiger partial charge in [0.2, 0.25) is 0 Å². The molecule has 346 valence electrons. The van der Waals surface area contributed by atoms with Gasteiger partial charge in [-0.2, -0.15) is 0 Å². The lowest BCUT2D eigenvalue weighted by atomic mass is 9.78. The predicted molar refractivity (Wildman–Crippen MR) is 297 cm³/mol. The molecule has 14 rings (SSSR count). The largest absolute Gasteiger partial charge is 0.457 e. The van der Waals surface area contributed by atoms with Crippen molar-refractivity contribution in [3.63, 3.8) is 0 Å². The van der Waals surface area contributed by atoms with Gasteiger partial charge in [0.05, 0.1) is 44.6 Å². The van der Waals surface area contributed by atoms with Gasteiger partial charge in [-0.3, -0.25) is 9.55 Å². The number of pyridine rings is 2. The second-order valence-corrected chi connectivity index (χ2v) is 19.1. The van der Waals surface area contributed by atoms with E-state index in [0.717, 1.165) is 83.1 Å². The number of hydrogen-bond donors (Lipinski definition) is 0.